The summed E-state index contributed by atoms with van der Waals surface area (Å²) in [6.07, 6.45) is 10.1. The monoisotopic (exact) mass is 457 g/mol. The molecule has 2 N–H and O–H groups in total. The van der Waals surface area contributed by atoms with Gasteiger partial charge < -0.3 is 10.6 Å². The van der Waals surface area contributed by atoms with E-state index < -0.39 is 17.4 Å². The van der Waals surface area contributed by atoms with Gasteiger partial charge in [-0.3, -0.25) is 19.2 Å². The fourth-order valence-electron chi connectivity index (χ4n) is 3.73. The second-order valence-corrected chi connectivity index (χ2v) is 9.66. The van der Waals surface area contributed by atoms with Crippen LogP contribution < -0.4 is 10.6 Å². The predicted octanol–water partition coefficient (Wildman–Crippen LogP) is 3.75. The molecule has 0 spiro atoms. The van der Waals surface area contributed by atoms with Crippen LogP contribution in [0.2, 0.25) is 0 Å². The molecule has 0 saturated heterocycles. The minimum Gasteiger partial charge on any atom is -0.354 e. The van der Waals surface area contributed by atoms with E-state index >= 15 is 0 Å². The second-order valence-electron chi connectivity index (χ2n) is 9.66. The Labute approximate surface area is 197 Å². The third kappa shape index (κ3) is 9.78. The minimum atomic E-state index is -0.661. The van der Waals surface area contributed by atoms with Gasteiger partial charge in [-0.1, -0.05) is 63.3 Å². The van der Waals surface area contributed by atoms with Crippen molar-refractivity contribution in [1.82, 2.24) is 15.7 Å². The van der Waals surface area contributed by atoms with Crippen molar-refractivity contribution in [3.8, 4) is 0 Å². The Balaban J connectivity index is 2.12. The third-order valence-electron chi connectivity index (χ3n) is 5.73. The van der Waals surface area contributed by atoms with Gasteiger partial charge in [-0.05, 0) is 49.5 Å². The van der Waals surface area contributed by atoms with E-state index in [2.05, 4.69) is 22.8 Å². The van der Waals surface area contributed by atoms with Gasteiger partial charge >= 0.3 is 0 Å². The highest BCUT2D eigenvalue weighted by atomic mass is 16.7. The van der Waals surface area contributed by atoms with Crippen molar-refractivity contribution in [2.45, 2.75) is 71.9 Å². The van der Waals surface area contributed by atoms with Crippen molar-refractivity contribution in [2.75, 3.05) is 13.1 Å². The topological polar surface area (TPSA) is 87.7 Å². The van der Waals surface area contributed by atoms with Crippen LogP contribution in [0.15, 0.2) is 42.5 Å². The number of allylic oxidation sites excluding steroid dienone is 2. The number of hydroxylamine groups is 2. The number of hydrogen-bond donors (Lipinski definition) is 2. The van der Waals surface area contributed by atoms with E-state index in [0.29, 0.717) is 19.4 Å². The van der Waals surface area contributed by atoms with E-state index in [1.807, 2.05) is 51.1 Å². The number of nitrogens with zero attached hydrogens (tertiary/aromatic N) is 1. The first-order valence-corrected chi connectivity index (χ1v) is 11.9. The maximum atomic E-state index is 13.3. The lowest BCUT2D eigenvalue weighted by molar-refractivity contribution is -0.182. The van der Waals surface area contributed by atoms with Gasteiger partial charge in [0, 0.05) is 6.54 Å². The number of carbonyl (C=O) groups is 3. The number of nitrogens with one attached hydrogen (secondary N) is 2. The molecule has 0 saturated carbocycles. The molecule has 2 atom stereocenters. The molecule has 3 amide bonds. The lowest BCUT2D eigenvalue weighted by atomic mass is 9.85. The van der Waals surface area contributed by atoms with Gasteiger partial charge in [0.2, 0.25) is 18.2 Å². The average molecular weight is 458 g/mol. The molecule has 0 radical (unpaired) electrons. The van der Waals surface area contributed by atoms with Crippen molar-refractivity contribution in [1.29, 1.82) is 0 Å². The standard InChI is InChI=1S/C26H39N3O4/c1-26(2,3)23-25(32)27-17-13-8-6-4-5-7-12-16-22(24(31)28-23)18-29(20-30)33-19-21-14-10-9-11-15-21/h4-5,9-11,14-15,20,22-23H,6-8,12-13,16-19H2,1-3H3,(H,27,32)(H,28,31)/b5-4+/t22-,23-/m1/s1. The molecule has 33 heavy (non-hydrogen) atoms. The van der Waals surface area contributed by atoms with Crippen molar-refractivity contribution < 1.29 is 19.2 Å². The van der Waals surface area contributed by atoms with E-state index in [1.54, 1.807) is 0 Å². The summed E-state index contributed by atoms with van der Waals surface area (Å²) in [7, 11) is 0. The molecule has 1 aliphatic heterocycles. The molecule has 0 aromatic heterocycles. The predicted molar refractivity (Wildman–Crippen MR) is 129 cm³/mol. The minimum absolute atomic E-state index is 0.129. The van der Waals surface area contributed by atoms with Crippen LogP contribution in [-0.2, 0) is 25.8 Å². The first-order valence-electron chi connectivity index (χ1n) is 11.9. The maximum absolute atomic E-state index is 13.3. The van der Waals surface area contributed by atoms with Crippen molar-refractivity contribution in [3.63, 3.8) is 0 Å². The Kier molecular flexibility index (Phi) is 11.1. The lowest BCUT2D eigenvalue weighted by Gasteiger charge is -2.32. The van der Waals surface area contributed by atoms with Crippen LogP contribution in [0.1, 0.15) is 64.9 Å². The number of carbonyl (C=O) groups excluding carboxylic acids is 3. The number of rotatable bonds is 6. The van der Waals surface area contributed by atoms with Gasteiger partial charge in [-0.25, -0.2) is 5.06 Å². The molecular weight excluding hydrogens is 418 g/mol. The molecule has 7 heteroatoms. The summed E-state index contributed by atoms with van der Waals surface area (Å²) in [4.78, 5) is 43.5. The summed E-state index contributed by atoms with van der Waals surface area (Å²) < 4.78 is 0. The molecule has 1 heterocycles. The van der Waals surface area contributed by atoms with E-state index in [0.717, 1.165) is 37.7 Å². The zero-order valence-corrected chi connectivity index (χ0v) is 20.2. The highest BCUT2D eigenvalue weighted by molar-refractivity contribution is 5.89. The Hall–Kier alpha value is -2.67. The number of amides is 3. The first kappa shape index (κ1) is 26.6. The summed E-state index contributed by atoms with van der Waals surface area (Å²) in [6.45, 7) is 6.76. The zero-order valence-electron chi connectivity index (χ0n) is 20.2. The molecule has 0 unspecified atom stereocenters. The van der Waals surface area contributed by atoms with Crippen LogP contribution in [0.25, 0.3) is 0 Å². The maximum Gasteiger partial charge on any atom is 0.243 e. The molecule has 182 valence electrons. The summed E-state index contributed by atoms with van der Waals surface area (Å²) in [5.41, 5.74) is 0.485. The molecule has 0 bridgehead atoms. The molecular formula is C26H39N3O4. The van der Waals surface area contributed by atoms with Crippen LogP contribution in [0.4, 0.5) is 0 Å². The Morgan fingerprint density at radius 3 is 2.39 bits per heavy atom. The third-order valence-corrected chi connectivity index (χ3v) is 5.73. The van der Waals surface area contributed by atoms with Crippen molar-refractivity contribution in [3.05, 3.63) is 48.0 Å². The molecule has 1 aliphatic rings. The average Bonchev–Trinajstić information content (AvgIpc) is 2.79. The van der Waals surface area contributed by atoms with Gasteiger partial charge in [0.25, 0.3) is 0 Å². The van der Waals surface area contributed by atoms with Gasteiger partial charge in [0.1, 0.15) is 12.6 Å². The molecule has 7 nitrogen and oxygen atoms in total. The Morgan fingerprint density at radius 1 is 1.03 bits per heavy atom. The first-order chi connectivity index (χ1) is 15.8. The highest BCUT2D eigenvalue weighted by Crippen LogP contribution is 2.21. The molecule has 1 aromatic rings. The van der Waals surface area contributed by atoms with Crippen LogP contribution in [0.5, 0.6) is 0 Å². The summed E-state index contributed by atoms with van der Waals surface area (Å²) >= 11 is 0. The fraction of sp³-hybridized carbons (Fsp3) is 0.577. The van der Waals surface area contributed by atoms with Crippen molar-refractivity contribution in [2.24, 2.45) is 11.3 Å². The van der Waals surface area contributed by atoms with Crippen LogP contribution >= 0.6 is 0 Å². The van der Waals surface area contributed by atoms with Crippen LogP contribution in [-0.4, -0.2) is 42.4 Å². The fourth-order valence-corrected chi connectivity index (χ4v) is 3.73. The molecule has 2 rings (SSSR count). The summed E-state index contributed by atoms with van der Waals surface area (Å²) in [6, 6.07) is 8.90. The second kappa shape index (κ2) is 13.8. The van der Waals surface area contributed by atoms with E-state index in [-0.39, 0.29) is 25.0 Å². The molecule has 0 fully saturated rings. The summed E-state index contributed by atoms with van der Waals surface area (Å²) in [5.74, 6) is -0.895. The Morgan fingerprint density at radius 2 is 1.73 bits per heavy atom. The van der Waals surface area contributed by atoms with Crippen LogP contribution in [0.3, 0.4) is 0 Å². The van der Waals surface area contributed by atoms with Gasteiger partial charge in [-0.2, -0.15) is 0 Å². The number of hydrogen-bond acceptors (Lipinski definition) is 4. The summed E-state index contributed by atoms with van der Waals surface area (Å²) in [5, 5.41) is 7.12. The zero-order chi connectivity index (χ0) is 24.1. The SMILES string of the molecule is CC(C)(C)[C@@H]1NC(=O)[C@@H](CN(C=O)OCc2ccccc2)CCC/C=C/CCCCNC1=O. The van der Waals surface area contributed by atoms with Crippen LogP contribution in [0, 0.1) is 11.3 Å². The van der Waals surface area contributed by atoms with Crippen molar-refractivity contribution >= 4 is 18.2 Å². The highest BCUT2D eigenvalue weighted by Gasteiger charge is 2.34. The quantitative estimate of drug-likeness (QED) is 0.387. The normalized spacial score (nSPS) is 22.3. The lowest BCUT2D eigenvalue weighted by Crippen LogP contribution is -2.55. The van der Waals surface area contributed by atoms with E-state index in [1.165, 1.54) is 5.06 Å². The van der Waals surface area contributed by atoms with E-state index in [4.69, 9.17) is 4.84 Å². The molecule has 1 aromatic carbocycles. The number of benzene rings is 1. The van der Waals surface area contributed by atoms with Gasteiger partial charge in [0.15, 0.2) is 0 Å². The largest absolute Gasteiger partial charge is 0.354 e. The smallest absolute Gasteiger partial charge is 0.243 e. The van der Waals surface area contributed by atoms with Gasteiger partial charge in [0.05, 0.1) is 12.5 Å². The van der Waals surface area contributed by atoms with E-state index in [9.17, 15) is 14.4 Å². The Bertz CT molecular complexity index is 773. The molecule has 0 aliphatic carbocycles. The van der Waals surface area contributed by atoms with Gasteiger partial charge in [-0.15, -0.1) is 0 Å².